The fourth-order valence-electron chi connectivity index (χ4n) is 1.58. The maximum absolute atomic E-state index is 10.6. The van der Waals surface area contributed by atoms with Crippen LogP contribution >= 0.6 is 0 Å². The summed E-state index contributed by atoms with van der Waals surface area (Å²) >= 11 is 0. The number of amides is 1. The standard InChI is InChI=1S/C12H17NO5/c1-16-9-3-4-10(11(5-9)17-2)8(6-14)7-18-12(13)15/h3-5,8,14H,6-7H2,1-2H3,(H2,13,15)/t8-/m0/s1. The van der Waals surface area contributed by atoms with Gasteiger partial charge in [-0.1, -0.05) is 6.07 Å². The number of nitrogens with two attached hydrogens (primary N) is 1. The highest BCUT2D eigenvalue weighted by Gasteiger charge is 2.17. The van der Waals surface area contributed by atoms with E-state index in [1.54, 1.807) is 25.3 Å². The molecule has 0 aliphatic rings. The number of aliphatic hydroxyl groups is 1. The number of aliphatic hydroxyl groups excluding tert-OH is 1. The highest BCUT2D eigenvalue weighted by Crippen LogP contribution is 2.30. The average molecular weight is 255 g/mol. The first-order chi connectivity index (χ1) is 8.62. The van der Waals surface area contributed by atoms with Gasteiger partial charge in [-0.05, 0) is 6.07 Å². The number of methoxy groups -OCH3 is 2. The minimum absolute atomic E-state index is 0.00543. The second-order valence-corrected chi connectivity index (χ2v) is 3.62. The van der Waals surface area contributed by atoms with Crippen LogP contribution in [0.5, 0.6) is 11.5 Å². The van der Waals surface area contributed by atoms with Gasteiger partial charge in [-0.2, -0.15) is 0 Å². The van der Waals surface area contributed by atoms with Crippen molar-refractivity contribution in [2.24, 2.45) is 5.73 Å². The molecule has 1 rings (SSSR count). The lowest BCUT2D eigenvalue weighted by molar-refractivity contribution is 0.132. The Labute approximate surface area is 105 Å². The summed E-state index contributed by atoms with van der Waals surface area (Å²) in [7, 11) is 3.07. The van der Waals surface area contributed by atoms with E-state index in [0.29, 0.717) is 11.5 Å². The van der Waals surface area contributed by atoms with Crippen LogP contribution in [-0.4, -0.2) is 38.6 Å². The lowest BCUT2D eigenvalue weighted by atomic mass is 9.99. The summed E-state index contributed by atoms with van der Waals surface area (Å²) in [6.45, 7) is -0.190. The molecule has 1 aromatic carbocycles. The summed E-state index contributed by atoms with van der Waals surface area (Å²) in [5.74, 6) is 0.808. The Balaban J connectivity index is 2.93. The number of hydrogen-bond acceptors (Lipinski definition) is 5. The van der Waals surface area contributed by atoms with Crippen molar-refractivity contribution in [3.8, 4) is 11.5 Å². The van der Waals surface area contributed by atoms with Crippen molar-refractivity contribution in [3.05, 3.63) is 23.8 Å². The summed E-state index contributed by atoms with van der Waals surface area (Å²) in [6.07, 6.45) is -0.874. The summed E-state index contributed by atoms with van der Waals surface area (Å²) in [5, 5.41) is 9.32. The van der Waals surface area contributed by atoms with E-state index in [1.165, 1.54) is 7.11 Å². The largest absolute Gasteiger partial charge is 0.497 e. The molecule has 0 bridgehead atoms. The van der Waals surface area contributed by atoms with Crippen LogP contribution in [0.4, 0.5) is 4.79 Å². The molecule has 3 N–H and O–H groups in total. The number of hydrogen-bond donors (Lipinski definition) is 2. The van der Waals surface area contributed by atoms with Crippen molar-refractivity contribution in [2.75, 3.05) is 27.4 Å². The lowest BCUT2D eigenvalue weighted by Crippen LogP contribution is -2.20. The van der Waals surface area contributed by atoms with E-state index in [2.05, 4.69) is 0 Å². The Morgan fingerprint density at radius 1 is 1.39 bits per heavy atom. The average Bonchev–Trinajstić information content (AvgIpc) is 2.39. The summed E-state index contributed by atoms with van der Waals surface area (Å²) in [4.78, 5) is 10.6. The molecule has 0 fully saturated rings. The molecule has 0 aromatic heterocycles. The van der Waals surface area contributed by atoms with Gasteiger partial charge >= 0.3 is 6.09 Å². The van der Waals surface area contributed by atoms with Crippen molar-refractivity contribution in [2.45, 2.75) is 5.92 Å². The van der Waals surface area contributed by atoms with E-state index < -0.39 is 12.0 Å². The first-order valence-electron chi connectivity index (χ1n) is 5.37. The van der Waals surface area contributed by atoms with Gasteiger partial charge in [0, 0.05) is 17.5 Å². The smallest absolute Gasteiger partial charge is 0.404 e. The maximum Gasteiger partial charge on any atom is 0.404 e. The zero-order valence-corrected chi connectivity index (χ0v) is 10.4. The van der Waals surface area contributed by atoms with Crippen molar-refractivity contribution >= 4 is 6.09 Å². The van der Waals surface area contributed by atoms with E-state index >= 15 is 0 Å². The molecule has 1 amide bonds. The minimum Gasteiger partial charge on any atom is -0.497 e. The van der Waals surface area contributed by atoms with Crippen LogP contribution in [-0.2, 0) is 4.74 Å². The highest BCUT2D eigenvalue weighted by atomic mass is 16.5. The number of carbonyl (C=O) groups is 1. The molecule has 0 aliphatic heterocycles. The minimum atomic E-state index is -0.874. The molecule has 0 unspecified atom stereocenters. The molecule has 100 valence electrons. The van der Waals surface area contributed by atoms with Crippen LogP contribution in [0.2, 0.25) is 0 Å². The number of carbonyl (C=O) groups excluding carboxylic acids is 1. The molecule has 1 aromatic rings. The molecule has 6 heteroatoms. The van der Waals surface area contributed by atoms with E-state index in [-0.39, 0.29) is 13.2 Å². The predicted molar refractivity (Wildman–Crippen MR) is 64.9 cm³/mol. The predicted octanol–water partition coefficient (Wildman–Crippen LogP) is 0.875. The Bertz CT molecular complexity index is 407. The SMILES string of the molecule is COc1ccc([C@@H](CO)COC(N)=O)c(OC)c1. The van der Waals surface area contributed by atoms with Crippen LogP contribution in [0.3, 0.4) is 0 Å². The van der Waals surface area contributed by atoms with Crippen LogP contribution in [0.1, 0.15) is 11.5 Å². The van der Waals surface area contributed by atoms with Gasteiger partial charge in [0.15, 0.2) is 0 Å². The zero-order valence-electron chi connectivity index (χ0n) is 10.4. The summed E-state index contributed by atoms with van der Waals surface area (Å²) in [6, 6.07) is 5.19. The van der Waals surface area contributed by atoms with Crippen LogP contribution in [0.15, 0.2) is 18.2 Å². The van der Waals surface area contributed by atoms with Gasteiger partial charge in [-0.15, -0.1) is 0 Å². The molecule has 1 atom stereocenters. The quantitative estimate of drug-likeness (QED) is 0.787. The first-order valence-corrected chi connectivity index (χ1v) is 5.37. The third-order valence-electron chi connectivity index (χ3n) is 2.53. The van der Waals surface area contributed by atoms with Gasteiger partial charge in [0.25, 0.3) is 0 Å². The monoisotopic (exact) mass is 255 g/mol. The fourth-order valence-corrected chi connectivity index (χ4v) is 1.58. The van der Waals surface area contributed by atoms with Crippen molar-refractivity contribution < 1.29 is 24.1 Å². The Kier molecular flexibility index (Phi) is 5.26. The first kappa shape index (κ1) is 14.1. The number of rotatable bonds is 6. The molecule has 6 nitrogen and oxygen atoms in total. The van der Waals surface area contributed by atoms with Crippen LogP contribution < -0.4 is 15.2 Å². The van der Waals surface area contributed by atoms with Gasteiger partial charge in [0.05, 0.1) is 20.8 Å². The van der Waals surface area contributed by atoms with Gasteiger partial charge in [0.1, 0.15) is 18.1 Å². The fraction of sp³-hybridized carbons (Fsp3) is 0.417. The van der Waals surface area contributed by atoms with E-state index in [1.807, 2.05) is 0 Å². The molecule has 0 aliphatic carbocycles. The molecule has 0 saturated heterocycles. The number of benzene rings is 1. The van der Waals surface area contributed by atoms with Crippen molar-refractivity contribution in [1.29, 1.82) is 0 Å². The van der Waals surface area contributed by atoms with E-state index in [4.69, 9.17) is 19.9 Å². The topological polar surface area (TPSA) is 91.0 Å². The zero-order chi connectivity index (χ0) is 13.5. The van der Waals surface area contributed by atoms with E-state index in [0.717, 1.165) is 5.56 Å². The highest BCUT2D eigenvalue weighted by molar-refractivity contribution is 5.64. The number of ether oxygens (including phenoxy) is 3. The third kappa shape index (κ3) is 3.53. The lowest BCUT2D eigenvalue weighted by Gasteiger charge is -2.17. The second-order valence-electron chi connectivity index (χ2n) is 3.62. The van der Waals surface area contributed by atoms with Gasteiger partial charge < -0.3 is 25.1 Å². The second kappa shape index (κ2) is 6.70. The molecule has 0 spiro atoms. The normalized spacial score (nSPS) is 11.7. The molecule has 0 radical (unpaired) electrons. The molecule has 0 heterocycles. The Hall–Kier alpha value is -1.95. The number of primary amides is 1. The van der Waals surface area contributed by atoms with Crippen molar-refractivity contribution in [1.82, 2.24) is 0 Å². The van der Waals surface area contributed by atoms with Gasteiger partial charge in [-0.25, -0.2) is 4.79 Å². The Morgan fingerprint density at radius 3 is 2.61 bits per heavy atom. The van der Waals surface area contributed by atoms with Gasteiger partial charge in [0.2, 0.25) is 0 Å². The Morgan fingerprint density at radius 2 is 2.11 bits per heavy atom. The van der Waals surface area contributed by atoms with Crippen LogP contribution in [0.25, 0.3) is 0 Å². The van der Waals surface area contributed by atoms with E-state index in [9.17, 15) is 9.90 Å². The third-order valence-corrected chi connectivity index (χ3v) is 2.53. The summed E-state index contributed by atoms with van der Waals surface area (Å²) < 4.78 is 15.0. The maximum atomic E-state index is 10.6. The molecular formula is C12H17NO5. The van der Waals surface area contributed by atoms with Gasteiger partial charge in [-0.3, -0.25) is 0 Å². The van der Waals surface area contributed by atoms with Crippen LogP contribution in [0, 0.1) is 0 Å². The molecule has 0 saturated carbocycles. The van der Waals surface area contributed by atoms with Crippen molar-refractivity contribution in [3.63, 3.8) is 0 Å². The molecular weight excluding hydrogens is 238 g/mol. The molecule has 18 heavy (non-hydrogen) atoms. The summed E-state index contributed by atoms with van der Waals surface area (Å²) in [5.41, 5.74) is 5.62.